The molecule has 0 radical (unpaired) electrons. The lowest BCUT2D eigenvalue weighted by Gasteiger charge is -2.15. The molecule has 3 aromatic rings. The molecule has 0 spiro atoms. The average molecular weight is 366 g/mol. The van der Waals surface area contributed by atoms with Gasteiger partial charge in [-0.3, -0.25) is 4.79 Å². The molecule has 6 heteroatoms. The van der Waals surface area contributed by atoms with Crippen LogP contribution in [0.3, 0.4) is 0 Å². The molecule has 134 valence electrons. The van der Waals surface area contributed by atoms with Crippen LogP contribution in [-0.4, -0.2) is 20.7 Å². The number of thioether (sulfide) groups is 1. The summed E-state index contributed by atoms with van der Waals surface area (Å²) < 4.78 is 2.06. The summed E-state index contributed by atoms with van der Waals surface area (Å²) >= 11 is 1.66. The first-order chi connectivity index (χ1) is 12.5. The summed E-state index contributed by atoms with van der Waals surface area (Å²) in [5.74, 6) is -0.109. The molecule has 0 fully saturated rings. The fraction of sp³-hybridized carbons (Fsp3) is 0.250. The molecule has 1 aromatic heterocycles. The molecule has 5 nitrogen and oxygen atoms in total. The van der Waals surface area contributed by atoms with Gasteiger partial charge in [-0.15, -0.1) is 10.2 Å². The van der Waals surface area contributed by atoms with Crippen molar-refractivity contribution >= 4 is 23.4 Å². The van der Waals surface area contributed by atoms with Crippen molar-refractivity contribution in [3.8, 4) is 0 Å². The molecule has 0 bridgehead atoms. The zero-order chi connectivity index (χ0) is 18.5. The first kappa shape index (κ1) is 18.2. The molecule has 1 amide bonds. The van der Waals surface area contributed by atoms with E-state index < -0.39 is 0 Å². The molecular formula is C20H22N4OS. The SMILES string of the molecule is CC(Sc1nncn1C(C)C)c1cccc(NC(=O)c2ccccc2)c1. The van der Waals surface area contributed by atoms with E-state index >= 15 is 0 Å². The average Bonchev–Trinajstić information content (AvgIpc) is 3.11. The van der Waals surface area contributed by atoms with Crippen LogP contribution in [0, 0.1) is 0 Å². The van der Waals surface area contributed by atoms with E-state index in [0.29, 0.717) is 11.6 Å². The summed E-state index contributed by atoms with van der Waals surface area (Å²) in [6.45, 7) is 6.35. The van der Waals surface area contributed by atoms with Crippen LogP contribution >= 0.6 is 11.8 Å². The number of benzene rings is 2. The van der Waals surface area contributed by atoms with E-state index in [-0.39, 0.29) is 11.2 Å². The van der Waals surface area contributed by atoms with Crippen LogP contribution in [0.1, 0.15) is 48.0 Å². The van der Waals surface area contributed by atoms with E-state index in [1.165, 1.54) is 0 Å². The Morgan fingerprint density at radius 2 is 1.85 bits per heavy atom. The summed E-state index contributed by atoms with van der Waals surface area (Å²) in [6.07, 6.45) is 1.76. The first-order valence-corrected chi connectivity index (χ1v) is 9.45. The third kappa shape index (κ3) is 4.32. The van der Waals surface area contributed by atoms with Gasteiger partial charge < -0.3 is 9.88 Å². The van der Waals surface area contributed by atoms with E-state index in [9.17, 15) is 4.79 Å². The van der Waals surface area contributed by atoms with Crippen molar-refractivity contribution in [2.24, 2.45) is 0 Å². The van der Waals surface area contributed by atoms with Crippen molar-refractivity contribution < 1.29 is 4.79 Å². The molecule has 1 heterocycles. The monoisotopic (exact) mass is 366 g/mol. The van der Waals surface area contributed by atoms with Crippen molar-refractivity contribution in [3.63, 3.8) is 0 Å². The lowest BCUT2D eigenvalue weighted by molar-refractivity contribution is 0.102. The zero-order valence-corrected chi connectivity index (χ0v) is 15.9. The van der Waals surface area contributed by atoms with Gasteiger partial charge in [0.05, 0.1) is 0 Å². The Balaban J connectivity index is 1.72. The van der Waals surface area contributed by atoms with Crippen LogP contribution in [0.2, 0.25) is 0 Å². The molecule has 2 aromatic carbocycles. The Bertz CT molecular complexity index is 876. The summed E-state index contributed by atoms with van der Waals surface area (Å²) in [6, 6.07) is 17.5. The van der Waals surface area contributed by atoms with Crippen LogP contribution in [0.25, 0.3) is 0 Å². The maximum atomic E-state index is 12.3. The van der Waals surface area contributed by atoms with Crippen LogP contribution < -0.4 is 5.32 Å². The maximum Gasteiger partial charge on any atom is 0.255 e. The highest BCUT2D eigenvalue weighted by Gasteiger charge is 2.15. The number of rotatable bonds is 6. The summed E-state index contributed by atoms with van der Waals surface area (Å²) in [5.41, 5.74) is 2.55. The largest absolute Gasteiger partial charge is 0.322 e. The zero-order valence-electron chi connectivity index (χ0n) is 15.1. The highest BCUT2D eigenvalue weighted by Crippen LogP contribution is 2.35. The second-order valence-electron chi connectivity index (χ2n) is 6.32. The number of nitrogens with zero attached hydrogens (tertiary/aromatic N) is 3. The van der Waals surface area contributed by atoms with Gasteiger partial charge in [0, 0.05) is 22.5 Å². The van der Waals surface area contributed by atoms with E-state index in [4.69, 9.17) is 0 Å². The Morgan fingerprint density at radius 1 is 1.08 bits per heavy atom. The Kier molecular flexibility index (Phi) is 5.73. The van der Waals surface area contributed by atoms with Crippen LogP contribution in [-0.2, 0) is 0 Å². The standard InChI is InChI=1S/C20H22N4OS/c1-14(2)24-13-21-23-20(24)26-15(3)17-10-7-11-18(12-17)22-19(25)16-8-5-4-6-9-16/h4-15H,1-3H3,(H,22,25). The minimum Gasteiger partial charge on any atom is -0.322 e. The van der Waals surface area contributed by atoms with Gasteiger partial charge in [-0.05, 0) is 50.6 Å². The van der Waals surface area contributed by atoms with E-state index in [0.717, 1.165) is 16.4 Å². The molecule has 3 rings (SSSR count). The molecule has 0 saturated carbocycles. The molecule has 0 aliphatic rings. The van der Waals surface area contributed by atoms with Crippen LogP contribution in [0.5, 0.6) is 0 Å². The maximum absolute atomic E-state index is 12.3. The Hall–Kier alpha value is -2.60. The van der Waals surface area contributed by atoms with E-state index in [2.05, 4.69) is 46.9 Å². The lowest BCUT2D eigenvalue weighted by atomic mass is 10.1. The fourth-order valence-electron chi connectivity index (χ4n) is 2.56. The topological polar surface area (TPSA) is 59.8 Å². The van der Waals surface area contributed by atoms with Gasteiger partial charge in [-0.1, -0.05) is 42.1 Å². The minimum absolute atomic E-state index is 0.109. The molecule has 1 unspecified atom stereocenters. The quantitative estimate of drug-likeness (QED) is 0.626. The number of anilines is 1. The molecule has 0 aliphatic carbocycles. The highest BCUT2D eigenvalue weighted by molar-refractivity contribution is 7.99. The van der Waals surface area contributed by atoms with Gasteiger partial charge in [0.15, 0.2) is 5.16 Å². The molecule has 1 atom stereocenters. The molecule has 0 aliphatic heterocycles. The number of aromatic nitrogens is 3. The van der Waals surface area contributed by atoms with E-state index in [1.54, 1.807) is 30.2 Å². The van der Waals surface area contributed by atoms with Crippen molar-refractivity contribution in [3.05, 3.63) is 72.1 Å². The third-order valence-electron chi connectivity index (χ3n) is 4.03. The number of amides is 1. The van der Waals surface area contributed by atoms with E-state index in [1.807, 2.05) is 36.4 Å². The Morgan fingerprint density at radius 3 is 2.58 bits per heavy atom. The summed E-state index contributed by atoms with van der Waals surface area (Å²) in [5, 5.41) is 12.3. The van der Waals surface area contributed by atoms with Gasteiger partial charge in [-0.25, -0.2) is 0 Å². The second-order valence-corrected chi connectivity index (χ2v) is 7.63. The van der Waals surface area contributed by atoms with Gasteiger partial charge >= 0.3 is 0 Å². The third-order valence-corrected chi connectivity index (χ3v) is 5.16. The smallest absolute Gasteiger partial charge is 0.255 e. The molecule has 1 N–H and O–H groups in total. The minimum atomic E-state index is -0.109. The van der Waals surface area contributed by atoms with Crippen molar-refractivity contribution in [2.75, 3.05) is 5.32 Å². The number of carbonyl (C=O) groups excluding carboxylic acids is 1. The summed E-state index contributed by atoms with van der Waals surface area (Å²) in [7, 11) is 0. The number of carbonyl (C=O) groups is 1. The van der Waals surface area contributed by atoms with Gasteiger partial charge in [0.2, 0.25) is 0 Å². The van der Waals surface area contributed by atoms with Crippen molar-refractivity contribution in [2.45, 2.75) is 37.2 Å². The van der Waals surface area contributed by atoms with Gasteiger partial charge in [0.1, 0.15) is 6.33 Å². The Labute approximate surface area is 157 Å². The molecule has 26 heavy (non-hydrogen) atoms. The first-order valence-electron chi connectivity index (χ1n) is 8.57. The molecule has 0 saturated heterocycles. The van der Waals surface area contributed by atoms with Gasteiger partial charge in [-0.2, -0.15) is 0 Å². The van der Waals surface area contributed by atoms with Crippen molar-refractivity contribution in [1.29, 1.82) is 0 Å². The second kappa shape index (κ2) is 8.19. The molecular weight excluding hydrogens is 344 g/mol. The normalized spacial score (nSPS) is 12.2. The van der Waals surface area contributed by atoms with Crippen LogP contribution in [0.4, 0.5) is 5.69 Å². The lowest BCUT2D eigenvalue weighted by Crippen LogP contribution is -2.11. The number of nitrogens with one attached hydrogen (secondary N) is 1. The predicted molar refractivity (Wildman–Crippen MR) is 106 cm³/mol. The predicted octanol–water partition coefficient (Wildman–Crippen LogP) is 4.96. The fourth-order valence-corrected chi connectivity index (χ4v) is 3.63. The van der Waals surface area contributed by atoms with Crippen molar-refractivity contribution in [1.82, 2.24) is 14.8 Å². The number of hydrogen-bond donors (Lipinski definition) is 1. The van der Waals surface area contributed by atoms with Gasteiger partial charge in [0.25, 0.3) is 5.91 Å². The highest BCUT2D eigenvalue weighted by atomic mass is 32.2. The summed E-state index contributed by atoms with van der Waals surface area (Å²) in [4.78, 5) is 12.3. The van der Waals surface area contributed by atoms with Crippen LogP contribution in [0.15, 0.2) is 66.1 Å². The number of hydrogen-bond acceptors (Lipinski definition) is 4.